The van der Waals surface area contributed by atoms with Crippen molar-refractivity contribution in [1.29, 1.82) is 0 Å². The fraction of sp³-hybridized carbons (Fsp3) is 0.636. The largest absolute Gasteiger partial charge is 0.316 e. The van der Waals surface area contributed by atoms with Gasteiger partial charge in [0.05, 0.1) is 5.75 Å². The number of hydrogen-bond acceptors (Lipinski definition) is 4. The number of thiophene rings is 1. The summed E-state index contributed by atoms with van der Waals surface area (Å²) in [5, 5.41) is 5.11. The summed E-state index contributed by atoms with van der Waals surface area (Å²) in [6, 6.07) is 4.26. The van der Waals surface area contributed by atoms with Crippen LogP contribution in [0.1, 0.15) is 11.3 Å². The number of nitrogens with zero attached hydrogens (tertiary/aromatic N) is 1. The lowest BCUT2D eigenvalue weighted by Crippen LogP contribution is -2.35. The Labute approximate surface area is 107 Å². The quantitative estimate of drug-likeness (QED) is 0.868. The van der Waals surface area contributed by atoms with E-state index in [1.165, 1.54) is 0 Å². The molecule has 2 heterocycles. The van der Waals surface area contributed by atoms with Crippen LogP contribution in [-0.4, -0.2) is 44.7 Å². The molecule has 0 radical (unpaired) electrons. The molecule has 0 aliphatic carbocycles. The Kier molecular flexibility index (Phi) is 4.19. The summed E-state index contributed by atoms with van der Waals surface area (Å²) >= 11 is 1.62. The monoisotopic (exact) mass is 274 g/mol. The molecule has 1 aliphatic heterocycles. The molecule has 0 amide bonds. The zero-order chi connectivity index (χ0) is 12.3. The van der Waals surface area contributed by atoms with E-state index in [4.69, 9.17) is 0 Å². The van der Waals surface area contributed by atoms with Crippen molar-refractivity contribution < 1.29 is 8.42 Å². The van der Waals surface area contributed by atoms with Crippen molar-refractivity contribution >= 4 is 21.4 Å². The molecule has 1 aliphatic rings. The van der Waals surface area contributed by atoms with Crippen LogP contribution in [0.5, 0.6) is 0 Å². The number of aryl methyl sites for hydroxylation is 1. The summed E-state index contributed by atoms with van der Waals surface area (Å²) in [5.74, 6) is 0.226. The molecule has 1 N–H and O–H groups in total. The Balaban J connectivity index is 1.91. The molecular weight excluding hydrogens is 256 g/mol. The highest BCUT2D eigenvalue weighted by Crippen LogP contribution is 2.16. The standard InChI is InChI=1S/C11H18N2O2S2/c1-12-10-4-6-13(9-10)17(14,15)8-5-11-3-2-7-16-11/h2-3,7,10,12H,4-6,8-9H2,1H3. The first-order chi connectivity index (χ1) is 8.12. The topological polar surface area (TPSA) is 49.4 Å². The number of rotatable bonds is 5. The van der Waals surface area contributed by atoms with Crippen molar-refractivity contribution in [2.24, 2.45) is 0 Å². The van der Waals surface area contributed by atoms with Gasteiger partial charge in [-0.1, -0.05) is 6.07 Å². The van der Waals surface area contributed by atoms with E-state index in [-0.39, 0.29) is 5.75 Å². The number of likely N-dealkylation sites (N-methyl/N-ethyl adjacent to an activating group) is 1. The maximum atomic E-state index is 12.1. The van der Waals surface area contributed by atoms with Crippen LogP contribution in [0, 0.1) is 0 Å². The van der Waals surface area contributed by atoms with Crippen molar-refractivity contribution in [2.75, 3.05) is 25.9 Å². The summed E-state index contributed by atoms with van der Waals surface area (Å²) in [4.78, 5) is 1.14. The van der Waals surface area contributed by atoms with Crippen molar-refractivity contribution in [2.45, 2.75) is 18.9 Å². The zero-order valence-corrected chi connectivity index (χ0v) is 11.6. The second-order valence-electron chi connectivity index (χ2n) is 4.28. The minimum Gasteiger partial charge on any atom is -0.316 e. The van der Waals surface area contributed by atoms with E-state index >= 15 is 0 Å². The first kappa shape index (κ1) is 13.0. The molecule has 17 heavy (non-hydrogen) atoms. The van der Waals surface area contributed by atoms with Crippen LogP contribution in [-0.2, 0) is 16.4 Å². The van der Waals surface area contributed by atoms with Gasteiger partial charge in [-0.2, -0.15) is 0 Å². The van der Waals surface area contributed by atoms with Gasteiger partial charge in [-0.25, -0.2) is 12.7 Å². The highest BCUT2D eigenvalue weighted by Gasteiger charge is 2.30. The molecule has 0 bridgehead atoms. The average molecular weight is 274 g/mol. The number of nitrogens with one attached hydrogen (secondary N) is 1. The summed E-state index contributed by atoms with van der Waals surface area (Å²) in [5.41, 5.74) is 0. The summed E-state index contributed by atoms with van der Waals surface area (Å²) < 4.78 is 25.8. The molecule has 4 nitrogen and oxygen atoms in total. The average Bonchev–Trinajstić information content (AvgIpc) is 2.98. The number of sulfonamides is 1. The van der Waals surface area contributed by atoms with Crippen LogP contribution in [0.4, 0.5) is 0 Å². The first-order valence-corrected chi connectivity index (χ1v) is 8.28. The lowest BCUT2D eigenvalue weighted by molar-refractivity contribution is 0.464. The van der Waals surface area contributed by atoms with Crippen LogP contribution in [0.15, 0.2) is 17.5 Å². The number of hydrogen-bond donors (Lipinski definition) is 1. The van der Waals surface area contributed by atoms with Gasteiger partial charge in [0.15, 0.2) is 0 Å². The molecular formula is C11H18N2O2S2. The minimum absolute atomic E-state index is 0.226. The molecule has 0 aromatic carbocycles. The molecule has 1 aromatic rings. The molecule has 0 spiro atoms. The molecule has 1 atom stereocenters. The minimum atomic E-state index is -3.08. The van der Waals surface area contributed by atoms with E-state index in [1.54, 1.807) is 15.6 Å². The van der Waals surface area contributed by atoms with E-state index in [9.17, 15) is 8.42 Å². The third-order valence-corrected chi connectivity index (χ3v) is 5.91. The smallest absolute Gasteiger partial charge is 0.214 e. The third kappa shape index (κ3) is 3.28. The van der Waals surface area contributed by atoms with Gasteiger partial charge < -0.3 is 5.32 Å². The SMILES string of the molecule is CNC1CCN(S(=O)(=O)CCc2cccs2)C1. The summed E-state index contributed by atoms with van der Waals surface area (Å²) in [6.07, 6.45) is 1.54. The lowest BCUT2D eigenvalue weighted by atomic mass is 10.3. The van der Waals surface area contributed by atoms with Crippen LogP contribution in [0.2, 0.25) is 0 Å². The predicted molar refractivity (Wildman–Crippen MR) is 70.8 cm³/mol. The van der Waals surface area contributed by atoms with Crippen LogP contribution in [0.25, 0.3) is 0 Å². The van der Waals surface area contributed by atoms with Crippen molar-refractivity contribution in [3.05, 3.63) is 22.4 Å². The summed E-state index contributed by atoms with van der Waals surface area (Å²) in [7, 11) is -1.20. The molecule has 1 fully saturated rings. The predicted octanol–water partition coefficient (Wildman–Crippen LogP) is 0.914. The van der Waals surface area contributed by atoms with Gasteiger partial charge in [-0.15, -0.1) is 11.3 Å². The van der Waals surface area contributed by atoms with Gasteiger partial charge in [0.25, 0.3) is 0 Å². The van der Waals surface area contributed by atoms with Gasteiger partial charge >= 0.3 is 0 Å². The van der Waals surface area contributed by atoms with Crippen LogP contribution < -0.4 is 5.32 Å². The Morgan fingerprint density at radius 3 is 3.00 bits per heavy atom. The summed E-state index contributed by atoms with van der Waals surface area (Å²) in [6.45, 7) is 1.27. The molecule has 96 valence electrons. The molecule has 1 aromatic heterocycles. The van der Waals surface area contributed by atoms with Crippen molar-refractivity contribution in [1.82, 2.24) is 9.62 Å². The first-order valence-electron chi connectivity index (χ1n) is 5.79. The fourth-order valence-electron chi connectivity index (χ4n) is 2.03. The maximum absolute atomic E-state index is 12.1. The molecule has 0 saturated carbocycles. The van der Waals surface area contributed by atoms with E-state index in [0.29, 0.717) is 25.6 Å². The van der Waals surface area contributed by atoms with Gasteiger partial charge in [0.2, 0.25) is 10.0 Å². The van der Waals surface area contributed by atoms with E-state index in [2.05, 4.69) is 5.32 Å². The fourth-order valence-corrected chi connectivity index (χ4v) is 4.39. The Hall–Kier alpha value is -0.430. The second-order valence-corrected chi connectivity index (χ2v) is 7.40. The van der Waals surface area contributed by atoms with E-state index in [1.807, 2.05) is 24.6 Å². The van der Waals surface area contributed by atoms with Crippen LogP contribution >= 0.6 is 11.3 Å². The van der Waals surface area contributed by atoms with Gasteiger partial charge in [-0.3, -0.25) is 0 Å². The van der Waals surface area contributed by atoms with Gasteiger partial charge in [0, 0.05) is 24.0 Å². The Morgan fingerprint density at radius 1 is 1.59 bits per heavy atom. The highest BCUT2D eigenvalue weighted by molar-refractivity contribution is 7.89. The van der Waals surface area contributed by atoms with Gasteiger partial charge in [-0.05, 0) is 31.3 Å². The second kappa shape index (κ2) is 5.48. The van der Waals surface area contributed by atoms with E-state index in [0.717, 1.165) is 11.3 Å². The molecule has 2 rings (SSSR count). The lowest BCUT2D eigenvalue weighted by Gasteiger charge is -2.16. The Bertz CT molecular complexity index is 442. The third-order valence-electron chi connectivity index (χ3n) is 3.14. The molecule has 6 heteroatoms. The maximum Gasteiger partial charge on any atom is 0.214 e. The zero-order valence-electron chi connectivity index (χ0n) is 9.93. The van der Waals surface area contributed by atoms with Gasteiger partial charge in [0.1, 0.15) is 0 Å². The van der Waals surface area contributed by atoms with Crippen LogP contribution in [0.3, 0.4) is 0 Å². The molecule has 1 unspecified atom stereocenters. The normalized spacial score (nSPS) is 22.1. The van der Waals surface area contributed by atoms with E-state index < -0.39 is 10.0 Å². The molecule has 1 saturated heterocycles. The highest BCUT2D eigenvalue weighted by atomic mass is 32.2. The van der Waals surface area contributed by atoms with Crippen molar-refractivity contribution in [3.8, 4) is 0 Å². The Morgan fingerprint density at radius 2 is 2.41 bits per heavy atom. The van der Waals surface area contributed by atoms with Crippen molar-refractivity contribution in [3.63, 3.8) is 0 Å².